The Hall–Kier alpha value is -3.25. The maximum Gasteiger partial charge on any atom is 0.201 e. The molecule has 0 saturated carbocycles. The van der Waals surface area contributed by atoms with Gasteiger partial charge in [0.2, 0.25) is 5.95 Å². The van der Waals surface area contributed by atoms with Gasteiger partial charge in [-0.2, -0.15) is 0 Å². The van der Waals surface area contributed by atoms with Gasteiger partial charge < -0.3 is 19.9 Å². The van der Waals surface area contributed by atoms with Crippen molar-refractivity contribution in [1.29, 1.82) is 0 Å². The Bertz CT molecular complexity index is 1200. The van der Waals surface area contributed by atoms with Crippen molar-refractivity contribution in [3.8, 4) is 11.5 Å². The lowest BCUT2D eigenvalue weighted by molar-refractivity contribution is 0.144. The van der Waals surface area contributed by atoms with Crippen molar-refractivity contribution in [3.63, 3.8) is 0 Å². The molecule has 0 spiro atoms. The van der Waals surface area contributed by atoms with Gasteiger partial charge in [0, 0.05) is 17.3 Å². The lowest BCUT2D eigenvalue weighted by atomic mass is 9.98. The van der Waals surface area contributed by atoms with Crippen LogP contribution in [-0.2, 0) is 6.54 Å². The van der Waals surface area contributed by atoms with E-state index in [1.54, 1.807) is 19.1 Å². The van der Waals surface area contributed by atoms with Crippen LogP contribution in [0.25, 0.3) is 11.0 Å². The molecule has 2 N–H and O–H groups in total. The summed E-state index contributed by atoms with van der Waals surface area (Å²) in [5, 5.41) is 4.00. The number of benzene rings is 3. The fourth-order valence-corrected chi connectivity index (χ4v) is 3.84. The standard InChI is InChI=1S/C24H22ClFN4O/c1-24(26)14-30(15-24)18-6-11-21-22(12-18)29-23(28-21)27-13-16-2-7-19(8-3-16)31-20-9-4-17(25)5-10-20/h2-12H,13-15H2,1H3,(H2,27,28,29). The molecule has 1 aliphatic heterocycles. The summed E-state index contributed by atoms with van der Waals surface area (Å²) in [6.45, 7) is 3.11. The van der Waals surface area contributed by atoms with Crippen LogP contribution in [0.4, 0.5) is 16.0 Å². The smallest absolute Gasteiger partial charge is 0.201 e. The third-order valence-corrected chi connectivity index (χ3v) is 5.56. The van der Waals surface area contributed by atoms with Gasteiger partial charge in [0.05, 0.1) is 24.1 Å². The van der Waals surface area contributed by atoms with E-state index in [0.717, 1.165) is 33.8 Å². The molecule has 5 nitrogen and oxygen atoms in total. The van der Waals surface area contributed by atoms with Gasteiger partial charge in [-0.3, -0.25) is 0 Å². The van der Waals surface area contributed by atoms with E-state index in [2.05, 4.69) is 15.3 Å². The van der Waals surface area contributed by atoms with Crippen molar-refractivity contribution in [2.45, 2.75) is 19.1 Å². The third kappa shape index (κ3) is 4.44. The molecule has 0 bridgehead atoms. The molecule has 7 heteroatoms. The number of aromatic amines is 1. The number of fused-ring (bicyclic) bond motifs is 1. The fraction of sp³-hybridized carbons (Fsp3) is 0.208. The predicted molar refractivity (Wildman–Crippen MR) is 123 cm³/mol. The monoisotopic (exact) mass is 436 g/mol. The first-order valence-corrected chi connectivity index (χ1v) is 10.5. The van der Waals surface area contributed by atoms with Crippen molar-refractivity contribution in [2.75, 3.05) is 23.3 Å². The molecule has 3 aromatic carbocycles. The van der Waals surface area contributed by atoms with E-state index < -0.39 is 5.67 Å². The Morgan fingerprint density at radius 2 is 1.74 bits per heavy atom. The highest BCUT2D eigenvalue weighted by atomic mass is 35.5. The molecule has 0 aliphatic carbocycles. The van der Waals surface area contributed by atoms with Crippen molar-refractivity contribution >= 4 is 34.3 Å². The van der Waals surface area contributed by atoms with Crippen LogP contribution in [0.3, 0.4) is 0 Å². The van der Waals surface area contributed by atoms with E-state index in [4.69, 9.17) is 16.3 Å². The lowest BCUT2D eigenvalue weighted by Crippen LogP contribution is -2.57. The Kier molecular flexibility index (Phi) is 4.94. The number of anilines is 2. The number of rotatable bonds is 6. The van der Waals surface area contributed by atoms with Crippen LogP contribution in [-0.4, -0.2) is 28.7 Å². The van der Waals surface area contributed by atoms with E-state index in [0.29, 0.717) is 30.6 Å². The number of aromatic nitrogens is 2. The van der Waals surface area contributed by atoms with Gasteiger partial charge in [-0.25, -0.2) is 9.37 Å². The minimum absolute atomic E-state index is 0.426. The molecule has 4 aromatic rings. The van der Waals surface area contributed by atoms with E-state index in [9.17, 15) is 4.39 Å². The lowest BCUT2D eigenvalue weighted by Gasteiger charge is -2.43. The topological polar surface area (TPSA) is 53.2 Å². The Balaban J connectivity index is 1.21. The molecule has 0 radical (unpaired) electrons. The number of nitrogens with one attached hydrogen (secondary N) is 2. The maximum atomic E-state index is 13.8. The second kappa shape index (κ2) is 7.78. The molecular formula is C24H22ClFN4O. The zero-order chi connectivity index (χ0) is 21.4. The first-order chi connectivity index (χ1) is 14.9. The molecule has 1 aliphatic rings. The minimum atomic E-state index is -1.09. The molecule has 1 saturated heterocycles. The summed E-state index contributed by atoms with van der Waals surface area (Å²) in [6, 6.07) is 21.1. The SMILES string of the molecule is CC1(F)CN(c2ccc3nc(NCc4ccc(Oc5ccc(Cl)cc5)cc4)[nH]c3c2)C1. The quantitative estimate of drug-likeness (QED) is 0.379. The second-order valence-electron chi connectivity index (χ2n) is 8.11. The largest absolute Gasteiger partial charge is 0.457 e. The first-order valence-electron chi connectivity index (χ1n) is 10.1. The molecule has 31 heavy (non-hydrogen) atoms. The van der Waals surface area contributed by atoms with Crippen molar-refractivity contribution in [3.05, 3.63) is 77.3 Å². The number of halogens is 2. The van der Waals surface area contributed by atoms with Gasteiger partial charge in [-0.15, -0.1) is 0 Å². The number of alkyl halides is 1. The highest BCUT2D eigenvalue weighted by molar-refractivity contribution is 6.30. The fourth-order valence-electron chi connectivity index (χ4n) is 3.71. The van der Waals surface area contributed by atoms with Gasteiger partial charge in [0.1, 0.15) is 17.2 Å². The molecule has 0 unspecified atom stereocenters. The van der Waals surface area contributed by atoms with Gasteiger partial charge >= 0.3 is 0 Å². The van der Waals surface area contributed by atoms with Crippen LogP contribution < -0.4 is 15.0 Å². The van der Waals surface area contributed by atoms with Crippen LogP contribution in [0, 0.1) is 0 Å². The number of ether oxygens (including phenoxy) is 1. The van der Waals surface area contributed by atoms with E-state index >= 15 is 0 Å². The highest BCUT2D eigenvalue weighted by Gasteiger charge is 2.38. The number of hydrogen-bond donors (Lipinski definition) is 2. The Morgan fingerprint density at radius 1 is 1.06 bits per heavy atom. The summed E-state index contributed by atoms with van der Waals surface area (Å²) < 4.78 is 19.6. The summed E-state index contributed by atoms with van der Waals surface area (Å²) >= 11 is 5.90. The van der Waals surface area contributed by atoms with E-state index in [-0.39, 0.29) is 0 Å². The molecule has 5 rings (SSSR count). The molecule has 158 valence electrons. The van der Waals surface area contributed by atoms with Crippen molar-refractivity contribution < 1.29 is 9.13 Å². The summed E-state index contributed by atoms with van der Waals surface area (Å²) in [7, 11) is 0. The van der Waals surface area contributed by atoms with Crippen LogP contribution in [0.5, 0.6) is 11.5 Å². The highest BCUT2D eigenvalue weighted by Crippen LogP contribution is 2.32. The number of hydrogen-bond acceptors (Lipinski definition) is 4. The summed E-state index contributed by atoms with van der Waals surface area (Å²) in [5.41, 5.74) is 2.83. The molecular weight excluding hydrogens is 415 g/mol. The van der Waals surface area contributed by atoms with Crippen LogP contribution >= 0.6 is 11.6 Å². The Morgan fingerprint density at radius 3 is 2.42 bits per heavy atom. The molecule has 0 atom stereocenters. The molecule has 1 aromatic heterocycles. The maximum absolute atomic E-state index is 13.8. The molecule has 0 amide bonds. The Labute approximate surface area is 184 Å². The van der Waals surface area contributed by atoms with Crippen LogP contribution in [0.15, 0.2) is 66.7 Å². The summed E-state index contributed by atoms with van der Waals surface area (Å²) in [6.07, 6.45) is 0. The molecule has 1 fully saturated rings. The third-order valence-electron chi connectivity index (χ3n) is 5.30. The van der Waals surface area contributed by atoms with Crippen molar-refractivity contribution in [1.82, 2.24) is 9.97 Å². The van der Waals surface area contributed by atoms with Gasteiger partial charge in [-0.05, 0) is 67.1 Å². The number of H-pyrrole nitrogens is 1. The second-order valence-corrected chi connectivity index (χ2v) is 8.55. The number of imidazole rings is 1. The van der Waals surface area contributed by atoms with Gasteiger partial charge in [0.25, 0.3) is 0 Å². The average Bonchev–Trinajstić information content (AvgIpc) is 3.15. The number of nitrogens with zero attached hydrogens (tertiary/aromatic N) is 2. The predicted octanol–water partition coefficient (Wildman–Crippen LogP) is 6.17. The minimum Gasteiger partial charge on any atom is -0.457 e. The first kappa shape index (κ1) is 19.7. The van der Waals surface area contributed by atoms with E-state index in [1.165, 1.54) is 0 Å². The normalized spacial score (nSPS) is 15.0. The average molecular weight is 437 g/mol. The van der Waals surface area contributed by atoms with Crippen LogP contribution in [0.2, 0.25) is 5.02 Å². The summed E-state index contributed by atoms with van der Waals surface area (Å²) in [5.74, 6) is 2.21. The van der Waals surface area contributed by atoms with Gasteiger partial charge in [-0.1, -0.05) is 23.7 Å². The van der Waals surface area contributed by atoms with Gasteiger partial charge in [0.15, 0.2) is 0 Å². The van der Waals surface area contributed by atoms with Crippen LogP contribution in [0.1, 0.15) is 12.5 Å². The zero-order valence-electron chi connectivity index (χ0n) is 17.0. The van der Waals surface area contributed by atoms with Crippen molar-refractivity contribution in [2.24, 2.45) is 0 Å². The summed E-state index contributed by atoms with van der Waals surface area (Å²) in [4.78, 5) is 9.92. The molecule has 2 heterocycles. The van der Waals surface area contributed by atoms with E-state index in [1.807, 2.05) is 59.5 Å². The zero-order valence-corrected chi connectivity index (χ0v) is 17.8.